The first-order valence-electron chi connectivity index (χ1n) is 8.90. The van der Waals surface area contributed by atoms with Crippen LogP contribution in [0.5, 0.6) is 5.88 Å². The molecule has 1 aliphatic carbocycles. The van der Waals surface area contributed by atoms with Crippen molar-refractivity contribution in [3.63, 3.8) is 0 Å². The van der Waals surface area contributed by atoms with Crippen molar-refractivity contribution in [3.05, 3.63) is 37.1 Å². The van der Waals surface area contributed by atoms with Gasteiger partial charge < -0.3 is 15.2 Å². The van der Waals surface area contributed by atoms with Crippen LogP contribution >= 0.6 is 0 Å². The molecule has 1 aliphatic rings. The molecule has 1 saturated carbocycles. The summed E-state index contributed by atoms with van der Waals surface area (Å²) in [6.45, 7) is 0. The van der Waals surface area contributed by atoms with Gasteiger partial charge in [-0.1, -0.05) is 0 Å². The van der Waals surface area contributed by atoms with Crippen molar-refractivity contribution < 1.29 is 9.84 Å². The van der Waals surface area contributed by atoms with E-state index in [9.17, 15) is 5.11 Å². The maximum atomic E-state index is 10.0. The minimum absolute atomic E-state index is 0.0324. The van der Waals surface area contributed by atoms with E-state index in [1.165, 1.54) is 0 Å². The lowest BCUT2D eigenvalue weighted by atomic mass is 10.1. The molecule has 0 spiro atoms. The normalized spacial score (nSPS) is 19.8. The third-order valence-corrected chi connectivity index (χ3v) is 5.02. The fourth-order valence-electron chi connectivity index (χ4n) is 3.66. The number of aliphatic hydroxyl groups excluding tert-OH is 1. The molecule has 4 aromatic heterocycles. The Kier molecular flexibility index (Phi) is 3.68. The minimum Gasteiger partial charge on any atom is -0.479 e. The molecule has 0 aromatic carbocycles. The number of fused-ring (bicyclic) bond motifs is 2. The van der Waals surface area contributed by atoms with Crippen LogP contribution in [0.3, 0.4) is 0 Å². The number of nitrogens with zero attached hydrogens (tertiary/aromatic N) is 6. The predicted molar refractivity (Wildman–Crippen MR) is 98.8 cm³/mol. The summed E-state index contributed by atoms with van der Waals surface area (Å²) in [5, 5.41) is 17.8. The number of rotatable bonds is 4. The van der Waals surface area contributed by atoms with E-state index in [1.807, 2.05) is 29.1 Å². The SMILES string of the molecule is COc1nc(N[C@@H]2CCC[C@@H]2O)nn2ccc(-c3cnc4nccn4c3)c12. The number of aliphatic hydroxyl groups is 1. The molecule has 0 unspecified atom stereocenters. The summed E-state index contributed by atoms with van der Waals surface area (Å²) in [5.74, 6) is 1.55. The molecule has 4 aromatic rings. The minimum atomic E-state index is -0.372. The fourth-order valence-corrected chi connectivity index (χ4v) is 3.66. The number of nitrogens with one attached hydrogen (secondary N) is 1. The molecule has 9 heteroatoms. The Hall–Kier alpha value is -3.20. The molecule has 5 rings (SSSR count). The first-order chi connectivity index (χ1) is 13.2. The molecule has 0 aliphatic heterocycles. The van der Waals surface area contributed by atoms with Gasteiger partial charge in [0, 0.05) is 42.1 Å². The van der Waals surface area contributed by atoms with Crippen molar-refractivity contribution in [3.8, 4) is 17.0 Å². The third kappa shape index (κ3) is 2.67. The molecule has 0 radical (unpaired) electrons. The second-order valence-corrected chi connectivity index (χ2v) is 6.69. The zero-order valence-electron chi connectivity index (χ0n) is 14.8. The number of hydrogen-bond donors (Lipinski definition) is 2. The van der Waals surface area contributed by atoms with Crippen LogP contribution in [0, 0.1) is 0 Å². The van der Waals surface area contributed by atoms with Crippen LogP contribution in [-0.2, 0) is 0 Å². The van der Waals surface area contributed by atoms with Gasteiger partial charge in [-0.25, -0.2) is 14.5 Å². The van der Waals surface area contributed by atoms with E-state index in [4.69, 9.17) is 4.74 Å². The van der Waals surface area contributed by atoms with Crippen molar-refractivity contribution >= 4 is 17.2 Å². The van der Waals surface area contributed by atoms with E-state index in [0.717, 1.165) is 35.9 Å². The average molecular weight is 365 g/mol. The molecule has 0 amide bonds. The number of anilines is 1. The standard InChI is InChI=1S/C18H19N7O2/c1-27-16-15-12(11-9-20-18-19-6-8-24(18)10-11)5-7-25(15)23-17(22-16)21-13-3-2-4-14(13)26/h5-10,13-14,26H,2-4H2,1H3,(H,21,23)/t13-,14+/m1/s1. The Morgan fingerprint density at radius 2 is 2.19 bits per heavy atom. The molecule has 2 N–H and O–H groups in total. The number of aromatic nitrogens is 6. The molecule has 9 nitrogen and oxygen atoms in total. The first kappa shape index (κ1) is 16.0. The molecule has 27 heavy (non-hydrogen) atoms. The van der Waals surface area contributed by atoms with Gasteiger partial charge in [0.15, 0.2) is 0 Å². The van der Waals surface area contributed by atoms with Crippen molar-refractivity contribution in [2.45, 2.75) is 31.4 Å². The van der Waals surface area contributed by atoms with Crippen LogP contribution in [0.15, 0.2) is 37.1 Å². The van der Waals surface area contributed by atoms with Crippen LogP contribution in [0.4, 0.5) is 5.95 Å². The van der Waals surface area contributed by atoms with Gasteiger partial charge in [-0.2, -0.15) is 4.98 Å². The summed E-state index contributed by atoms with van der Waals surface area (Å²) < 4.78 is 9.14. The number of imidazole rings is 1. The topological polar surface area (TPSA) is 102 Å². The van der Waals surface area contributed by atoms with Crippen molar-refractivity contribution in [1.82, 2.24) is 29.0 Å². The summed E-state index contributed by atoms with van der Waals surface area (Å²) in [7, 11) is 1.59. The van der Waals surface area contributed by atoms with Crippen molar-refractivity contribution in [2.75, 3.05) is 12.4 Å². The smallest absolute Gasteiger partial charge is 0.244 e. The zero-order valence-corrected chi connectivity index (χ0v) is 14.8. The van der Waals surface area contributed by atoms with Crippen LogP contribution in [0.2, 0.25) is 0 Å². The lowest BCUT2D eigenvalue weighted by molar-refractivity contribution is 0.171. The van der Waals surface area contributed by atoms with Gasteiger partial charge in [0.2, 0.25) is 17.6 Å². The summed E-state index contributed by atoms with van der Waals surface area (Å²) in [6.07, 6.45) is 11.5. The van der Waals surface area contributed by atoms with Gasteiger partial charge in [-0.15, -0.1) is 5.10 Å². The zero-order chi connectivity index (χ0) is 18.4. The largest absolute Gasteiger partial charge is 0.479 e. The molecule has 0 saturated heterocycles. The molecule has 0 bridgehead atoms. The Morgan fingerprint density at radius 1 is 1.26 bits per heavy atom. The van der Waals surface area contributed by atoms with Crippen molar-refractivity contribution in [2.24, 2.45) is 0 Å². The van der Waals surface area contributed by atoms with Crippen molar-refractivity contribution in [1.29, 1.82) is 0 Å². The van der Waals surface area contributed by atoms with E-state index in [0.29, 0.717) is 17.6 Å². The van der Waals surface area contributed by atoms with Crippen LogP contribution in [0.1, 0.15) is 19.3 Å². The summed E-state index contributed by atoms with van der Waals surface area (Å²) in [6, 6.07) is 1.93. The predicted octanol–water partition coefficient (Wildman–Crippen LogP) is 1.77. The average Bonchev–Trinajstić information content (AvgIpc) is 3.40. The van der Waals surface area contributed by atoms with E-state index in [2.05, 4.69) is 25.4 Å². The summed E-state index contributed by atoms with van der Waals surface area (Å²) >= 11 is 0. The van der Waals surface area contributed by atoms with Gasteiger partial charge in [0.25, 0.3) is 0 Å². The Bertz CT molecular complexity index is 1120. The van der Waals surface area contributed by atoms with Gasteiger partial charge in [-0.05, 0) is 25.3 Å². The molecular formula is C18H19N7O2. The van der Waals surface area contributed by atoms with Gasteiger partial charge >= 0.3 is 0 Å². The van der Waals surface area contributed by atoms with E-state index in [1.54, 1.807) is 24.0 Å². The van der Waals surface area contributed by atoms with Gasteiger partial charge in [-0.3, -0.25) is 4.40 Å². The van der Waals surface area contributed by atoms with Crippen LogP contribution in [0.25, 0.3) is 22.4 Å². The monoisotopic (exact) mass is 365 g/mol. The molecule has 138 valence electrons. The molecule has 4 heterocycles. The third-order valence-electron chi connectivity index (χ3n) is 5.02. The second-order valence-electron chi connectivity index (χ2n) is 6.69. The molecule has 2 atom stereocenters. The maximum absolute atomic E-state index is 10.0. The highest BCUT2D eigenvalue weighted by Crippen LogP contribution is 2.31. The Balaban J connectivity index is 1.58. The first-order valence-corrected chi connectivity index (χ1v) is 8.90. The summed E-state index contributed by atoms with van der Waals surface area (Å²) in [4.78, 5) is 13.1. The quantitative estimate of drug-likeness (QED) is 0.568. The highest BCUT2D eigenvalue weighted by Gasteiger charge is 2.26. The van der Waals surface area contributed by atoms with Crippen LogP contribution in [-0.4, -0.2) is 53.3 Å². The second kappa shape index (κ2) is 6.20. The number of methoxy groups -OCH3 is 1. The number of ether oxygens (including phenoxy) is 1. The Morgan fingerprint density at radius 3 is 3.00 bits per heavy atom. The fraction of sp³-hybridized carbons (Fsp3) is 0.333. The van der Waals surface area contributed by atoms with Gasteiger partial charge in [0.1, 0.15) is 5.52 Å². The maximum Gasteiger partial charge on any atom is 0.244 e. The van der Waals surface area contributed by atoms with E-state index >= 15 is 0 Å². The molecule has 1 fully saturated rings. The van der Waals surface area contributed by atoms with E-state index in [-0.39, 0.29) is 12.1 Å². The molecular weight excluding hydrogens is 346 g/mol. The Labute approximate surface area is 154 Å². The highest BCUT2D eigenvalue weighted by molar-refractivity contribution is 5.84. The highest BCUT2D eigenvalue weighted by atomic mass is 16.5. The van der Waals surface area contributed by atoms with Crippen LogP contribution < -0.4 is 10.1 Å². The van der Waals surface area contributed by atoms with E-state index < -0.39 is 0 Å². The lowest BCUT2D eigenvalue weighted by Crippen LogP contribution is -2.29. The number of hydrogen-bond acceptors (Lipinski definition) is 7. The summed E-state index contributed by atoms with van der Waals surface area (Å²) in [5.41, 5.74) is 2.59. The van der Waals surface area contributed by atoms with Gasteiger partial charge in [0.05, 0.1) is 19.3 Å². The lowest BCUT2D eigenvalue weighted by Gasteiger charge is -2.17.